The van der Waals surface area contributed by atoms with Gasteiger partial charge < -0.3 is 4.90 Å². The fourth-order valence-corrected chi connectivity index (χ4v) is 5.09. The number of sulfonamides is 1. The van der Waals surface area contributed by atoms with Gasteiger partial charge in [-0.25, -0.2) is 8.42 Å². The van der Waals surface area contributed by atoms with Crippen molar-refractivity contribution in [2.45, 2.75) is 30.8 Å². The van der Waals surface area contributed by atoms with Gasteiger partial charge in [0.05, 0.1) is 4.90 Å². The Bertz CT molecular complexity index is 1140. The van der Waals surface area contributed by atoms with Crippen LogP contribution in [0.3, 0.4) is 0 Å². The van der Waals surface area contributed by atoms with E-state index in [2.05, 4.69) is 10.8 Å². The van der Waals surface area contributed by atoms with Crippen LogP contribution in [-0.2, 0) is 21.4 Å². The molecule has 1 unspecified atom stereocenters. The molecule has 0 saturated carbocycles. The number of aryl methyl sites for hydroxylation is 1. The monoisotopic (exact) mass is 456 g/mol. The third-order valence-corrected chi connectivity index (χ3v) is 7.28. The van der Waals surface area contributed by atoms with E-state index in [0.717, 1.165) is 21.9 Å². The highest BCUT2D eigenvalue weighted by Crippen LogP contribution is 2.18. The average Bonchev–Trinajstić information content (AvgIpc) is 2.76. The molecule has 0 heterocycles. The number of thioether (sulfide) groups is 1. The number of nitrogens with one attached hydrogen (secondary N) is 1. The zero-order valence-electron chi connectivity index (χ0n) is 18.0. The van der Waals surface area contributed by atoms with Crippen LogP contribution in [0, 0.1) is 6.92 Å². The molecule has 1 atom stereocenters. The lowest BCUT2D eigenvalue weighted by Gasteiger charge is -2.25. The van der Waals surface area contributed by atoms with Crippen molar-refractivity contribution >= 4 is 38.5 Å². The lowest BCUT2D eigenvalue weighted by atomic mass is 10.1. The van der Waals surface area contributed by atoms with Gasteiger partial charge in [0.25, 0.3) is 0 Å². The molecule has 5 nitrogen and oxygen atoms in total. The van der Waals surface area contributed by atoms with Crippen molar-refractivity contribution in [2.24, 2.45) is 0 Å². The summed E-state index contributed by atoms with van der Waals surface area (Å²) < 4.78 is 28.3. The van der Waals surface area contributed by atoms with Gasteiger partial charge in [-0.3, -0.25) is 4.79 Å². The van der Waals surface area contributed by atoms with Crippen LogP contribution in [0.5, 0.6) is 0 Å². The van der Waals surface area contributed by atoms with Gasteiger partial charge in [-0.15, -0.1) is 0 Å². The zero-order chi connectivity index (χ0) is 22.4. The number of fused-ring (bicyclic) bond motifs is 1. The number of carbonyl (C=O) groups is 1. The van der Waals surface area contributed by atoms with E-state index in [-0.39, 0.29) is 10.8 Å². The summed E-state index contributed by atoms with van der Waals surface area (Å²) in [7, 11) is -2.08. The second-order valence-electron chi connectivity index (χ2n) is 7.64. The predicted octanol–water partition coefficient (Wildman–Crippen LogP) is 4.21. The van der Waals surface area contributed by atoms with Crippen molar-refractivity contribution in [3.05, 3.63) is 77.9 Å². The molecule has 0 saturated heterocycles. The number of hydrogen-bond acceptors (Lipinski definition) is 4. The normalized spacial score (nSPS) is 12.6. The van der Waals surface area contributed by atoms with Gasteiger partial charge in [0, 0.05) is 13.6 Å². The summed E-state index contributed by atoms with van der Waals surface area (Å²) in [6.45, 7) is 2.31. The third-order valence-electron chi connectivity index (χ3n) is 5.15. The summed E-state index contributed by atoms with van der Waals surface area (Å²) in [6.07, 6.45) is 2.36. The molecule has 0 bridgehead atoms. The van der Waals surface area contributed by atoms with E-state index in [4.69, 9.17) is 0 Å². The third kappa shape index (κ3) is 6.09. The smallest absolute Gasteiger partial charge is 0.241 e. The molecular formula is C24H28N2O3S2. The average molecular weight is 457 g/mol. The van der Waals surface area contributed by atoms with E-state index in [0.29, 0.717) is 18.7 Å². The highest BCUT2D eigenvalue weighted by atomic mass is 32.2. The molecule has 164 valence electrons. The zero-order valence-corrected chi connectivity index (χ0v) is 19.7. The van der Waals surface area contributed by atoms with Crippen molar-refractivity contribution < 1.29 is 13.2 Å². The summed E-state index contributed by atoms with van der Waals surface area (Å²) in [4.78, 5) is 14.9. The first kappa shape index (κ1) is 23.3. The molecule has 0 fully saturated rings. The van der Waals surface area contributed by atoms with E-state index in [1.165, 1.54) is 0 Å². The minimum absolute atomic E-state index is 0.164. The number of likely N-dealkylation sites (N-methyl/N-ethyl adjacent to an activating group) is 1. The fourth-order valence-electron chi connectivity index (χ4n) is 3.40. The number of rotatable bonds is 9. The summed E-state index contributed by atoms with van der Waals surface area (Å²) in [6, 6.07) is 20.0. The Balaban J connectivity index is 1.76. The van der Waals surface area contributed by atoms with Crippen LogP contribution in [0.15, 0.2) is 71.6 Å². The highest BCUT2D eigenvalue weighted by molar-refractivity contribution is 7.98. The largest absolute Gasteiger partial charge is 0.340 e. The SMILES string of the molecule is CSCCC(NS(=O)(=O)c1ccc(C)cc1)C(=O)N(C)Cc1ccc2ccccc2c1. The molecule has 3 aromatic carbocycles. The van der Waals surface area contributed by atoms with Crippen LogP contribution < -0.4 is 4.72 Å². The molecule has 0 aliphatic carbocycles. The van der Waals surface area contributed by atoms with Crippen molar-refractivity contribution in [1.29, 1.82) is 0 Å². The molecule has 7 heteroatoms. The van der Waals surface area contributed by atoms with Crippen LogP contribution in [0.1, 0.15) is 17.5 Å². The predicted molar refractivity (Wildman–Crippen MR) is 129 cm³/mol. The van der Waals surface area contributed by atoms with Crippen LogP contribution in [0.4, 0.5) is 0 Å². The minimum atomic E-state index is -3.79. The lowest BCUT2D eigenvalue weighted by Crippen LogP contribution is -2.47. The fraction of sp³-hybridized carbons (Fsp3) is 0.292. The molecule has 0 radical (unpaired) electrons. The van der Waals surface area contributed by atoms with Gasteiger partial charge >= 0.3 is 0 Å². The van der Waals surface area contributed by atoms with Gasteiger partial charge in [-0.05, 0) is 59.9 Å². The Morgan fingerprint density at radius 3 is 2.39 bits per heavy atom. The maximum absolute atomic E-state index is 13.2. The van der Waals surface area contributed by atoms with Crippen molar-refractivity contribution in [1.82, 2.24) is 9.62 Å². The number of hydrogen-bond donors (Lipinski definition) is 1. The molecular weight excluding hydrogens is 428 g/mol. The Hall–Kier alpha value is -2.35. The number of carbonyl (C=O) groups excluding carboxylic acids is 1. The number of benzene rings is 3. The molecule has 0 spiro atoms. The standard InChI is InChI=1S/C24H28N2O3S2/c1-18-8-12-22(13-9-18)31(28,29)25-23(14-15-30-3)24(27)26(2)17-19-10-11-20-6-4-5-7-21(20)16-19/h4-13,16,23,25H,14-15,17H2,1-3H3. The van der Waals surface area contributed by atoms with Gasteiger partial charge in [0.2, 0.25) is 15.9 Å². The van der Waals surface area contributed by atoms with Crippen LogP contribution in [0.25, 0.3) is 10.8 Å². The van der Waals surface area contributed by atoms with Crippen LogP contribution >= 0.6 is 11.8 Å². The number of amides is 1. The van der Waals surface area contributed by atoms with Crippen molar-refractivity contribution in [2.75, 3.05) is 19.1 Å². The second-order valence-corrected chi connectivity index (χ2v) is 10.3. The first-order valence-corrected chi connectivity index (χ1v) is 13.0. The Morgan fingerprint density at radius 1 is 1.03 bits per heavy atom. The van der Waals surface area contributed by atoms with Crippen molar-refractivity contribution in [3.8, 4) is 0 Å². The maximum atomic E-state index is 13.2. The van der Waals surface area contributed by atoms with E-state index in [1.54, 1.807) is 48.0 Å². The van der Waals surface area contributed by atoms with Gasteiger partial charge in [0.1, 0.15) is 6.04 Å². The molecule has 3 aromatic rings. The van der Waals surface area contributed by atoms with E-state index >= 15 is 0 Å². The summed E-state index contributed by atoms with van der Waals surface area (Å²) in [5, 5.41) is 2.25. The van der Waals surface area contributed by atoms with Gasteiger partial charge in [-0.1, -0.05) is 54.1 Å². The first-order chi connectivity index (χ1) is 14.8. The molecule has 3 rings (SSSR count). The Labute approximate surface area is 188 Å². The van der Waals surface area contributed by atoms with E-state index in [9.17, 15) is 13.2 Å². The van der Waals surface area contributed by atoms with Gasteiger partial charge in [-0.2, -0.15) is 16.5 Å². The van der Waals surface area contributed by atoms with E-state index in [1.807, 2.05) is 49.6 Å². The topological polar surface area (TPSA) is 66.5 Å². The summed E-state index contributed by atoms with van der Waals surface area (Å²) in [5.74, 6) is 0.439. The van der Waals surface area contributed by atoms with Crippen LogP contribution in [0.2, 0.25) is 0 Å². The Kier molecular flexibility index (Phi) is 7.75. The minimum Gasteiger partial charge on any atom is -0.340 e. The summed E-state index contributed by atoms with van der Waals surface area (Å²) >= 11 is 1.58. The van der Waals surface area contributed by atoms with E-state index < -0.39 is 16.1 Å². The molecule has 0 aliphatic heterocycles. The molecule has 1 N–H and O–H groups in total. The van der Waals surface area contributed by atoms with Crippen LogP contribution in [-0.4, -0.2) is 44.3 Å². The molecule has 31 heavy (non-hydrogen) atoms. The first-order valence-electron chi connectivity index (χ1n) is 10.1. The Morgan fingerprint density at radius 2 is 1.71 bits per heavy atom. The second kappa shape index (κ2) is 10.3. The van der Waals surface area contributed by atoms with Gasteiger partial charge in [0.15, 0.2) is 0 Å². The van der Waals surface area contributed by atoms with Crippen molar-refractivity contribution in [3.63, 3.8) is 0 Å². The molecule has 0 aromatic heterocycles. The molecule has 0 aliphatic rings. The highest BCUT2D eigenvalue weighted by Gasteiger charge is 2.27. The number of nitrogens with zero attached hydrogens (tertiary/aromatic N) is 1. The maximum Gasteiger partial charge on any atom is 0.241 e. The lowest BCUT2D eigenvalue weighted by molar-refractivity contribution is -0.132. The molecule has 1 amide bonds. The quantitative estimate of drug-likeness (QED) is 0.524. The summed E-state index contributed by atoms with van der Waals surface area (Å²) in [5.41, 5.74) is 1.98.